The van der Waals surface area contributed by atoms with E-state index in [0.29, 0.717) is 10.2 Å². The first kappa shape index (κ1) is 13.4. The van der Waals surface area contributed by atoms with Crippen LogP contribution < -0.4 is 0 Å². The van der Waals surface area contributed by atoms with E-state index in [1.165, 1.54) is 12.2 Å². The van der Waals surface area contributed by atoms with Gasteiger partial charge in [-0.05, 0) is 24.0 Å². The van der Waals surface area contributed by atoms with Gasteiger partial charge in [-0.2, -0.15) is 11.8 Å². The maximum atomic E-state index is 2.43. The van der Waals surface area contributed by atoms with Crippen LogP contribution in [0.4, 0.5) is 0 Å². The summed E-state index contributed by atoms with van der Waals surface area (Å²) in [6.45, 7) is 16.5. The molecule has 0 bridgehead atoms. The summed E-state index contributed by atoms with van der Waals surface area (Å²) in [5.41, 5.74) is 0.392. The van der Waals surface area contributed by atoms with Crippen molar-refractivity contribution in [2.24, 2.45) is 11.3 Å². The fourth-order valence-corrected chi connectivity index (χ4v) is 3.27. The minimum Gasteiger partial charge on any atom is -0.155 e. The van der Waals surface area contributed by atoms with Gasteiger partial charge in [-0.3, -0.25) is 0 Å². The van der Waals surface area contributed by atoms with Crippen LogP contribution in [-0.2, 0) is 0 Å². The summed E-state index contributed by atoms with van der Waals surface area (Å²) in [5, 5.41) is 0. The zero-order valence-corrected chi connectivity index (χ0v) is 11.2. The van der Waals surface area contributed by atoms with E-state index in [1.54, 1.807) is 0 Å². The second-order valence-electron chi connectivity index (χ2n) is 5.10. The highest BCUT2D eigenvalue weighted by molar-refractivity contribution is 8.00. The number of hydrogen-bond donors (Lipinski definition) is 0. The summed E-state index contributed by atoms with van der Waals surface area (Å²) in [6.07, 6.45) is 1.28. The smallest absolute Gasteiger partial charge is 0.0205 e. The molecule has 2 atom stereocenters. The third-order valence-electron chi connectivity index (χ3n) is 3.49. The molecular formula is C12H26S. The molecule has 0 fully saturated rings. The standard InChI is InChI=1S/C12H26S/c1-8-10(3)12(7,13-9-2)11(4,5)6/h10H,8-9H2,1-7H3. The van der Waals surface area contributed by atoms with Gasteiger partial charge in [0.15, 0.2) is 0 Å². The Bertz CT molecular complexity index is 146. The number of rotatable bonds is 4. The maximum Gasteiger partial charge on any atom is 0.0205 e. The third kappa shape index (κ3) is 2.90. The highest BCUT2D eigenvalue weighted by atomic mass is 32.2. The molecule has 0 N–H and O–H groups in total. The maximum absolute atomic E-state index is 2.43. The van der Waals surface area contributed by atoms with Crippen molar-refractivity contribution in [2.75, 3.05) is 5.75 Å². The lowest BCUT2D eigenvalue weighted by Crippen LogP contribution is -2.42. The van der Waals surface area contributed by atoms with Gasteiger partial charge in [-0.15, -0.1) is 0 Å². The Balaban J connectivity index is 4.72. The number of thioether (sulfide) groups is 1. The van der Waals surface area contributed by atoms with Gasteiger partial charge in [-0.1, -0.05) is 48.0 Å². The lowest BCUT2D eigenvalue weighted by molar-refractivity contribution is 0.222. The van der Waals surface area contributed by atoms with Gasteiger partial charge in [0.2, 0.25) is 0 Å². The van der Waals surface area contributed by atoms with Gasteiger partial charge in [-0.25, -0.2) is 0 Å². The molecule has 0 aromatic heterocycles. The van der Waals surface area contributed by atoms with E-state index in [4.69, 9.17) is 0 Å². The third-order valence-corrected chi connectivity index (χ3v) is 5.39. The van der Waals surface area contributed by atoms with E-state index >= 15 is 0 Å². The van der Waals surface area contributed by atoms with Crippen molar-refractivity contribution in [1.29, 1.82) is 0 Å². The summed E-state index contributed by atoms with van der Waals surface area (Å²) in [7, 11) is 0. The van der Waals surface area contributed by atoms with E-state index < -0.39 is 0 Å². The average Bonchev–Trinajstić information content (AvgIpc) is 2.01. The molecule has 0 saturated carbocycles. The molecule has 0 aliphatic heterocycles. The lowest BCUT2D eigenvalue weighted by atomic mass is 9.73. The van der Waals surface area contributed by atoms with Crippen LogP contribution in [0.15, 0.2) is 0 Å². The zero-order valence-electron chi connectivity index (χ0n) is 10.4. The molecule has 1 heteroatoms. The van der Waals surface area contributed by atoms with Crippen LogP contribution in [-0.4, -0.2) is 10.5 Å². The van der Waals surface area contributed by atoms with E-state index in [9.17, 15) is 0 Å². The van der Waals surface area contributed by atoms with Gasteiger partial charge in [0.05, 0.1) is 0 Å². The van der Waals surface area contributed by atoms with Crippen molar-refractivity contribution in [3.63, 3.8) is 0 Å². The van der Waals surface area contributed by atoms with Gasteiger partial charge in [0.25, 0.3) is 0 Å². The van der Waals surface area contributed by atoms with Crippen molar-refractivity contribution < 1.29 is 0 Å². The van der Waals surface area contributed by atoms with Crippen LogP contribution in [0.25, 0.3) is 0 Å². The predicted octanol–water partition coefficient (Wildman–Crippen LogP) is 4.59. The number of hydrogen-bond acceptors (Lipinski definition) is 1. The van der Waals surface area contributed by atoms with Crippen molar-refractivity contribution >= 4 is 11.8 Å². The van der Waals surface area contributed by atoms with Crippen molar-refractivity contribution in [1.82, 2.24) is 0 Å². The quantitative estimate of drug-likeness (QED) is 0.642. The summed E-state index contributed by atoms with van der Waals surface area (Å²) in [5.74, 6) is 2.01. The Kier molecular flexibility index (Phi) is 4.85. The molecule has 0 heterocycles. The molecule has 0 aromatic carbocycles. The molecular weight excluding hydrogens is 176 g/mol. The molecule has 0 nitrogen and oxygen atoms in total. The first-order valence-corrected chi connectivity index (χ1v) is 6.42. The summed E-state index contributed by atoms with van der Waals surface area (Å²) >= 11 is 2.12. The Hall–Kier alpha value is 0.350. The molecule has 0 aliphatic rings. The summed E-state index contributed by atoms with van der Waals surface area (Å²) in [4.78, 5) is 0. The normalized spacial score (nSPS) is 19.6. The second kappa shape index (κ2) is 4.72. The van der Waals surface area contributed by atoms with Crippen LogP contribution in [0.5, 0.6) is 0 Å². The first-order valence-electron chi connectivity index (χ1n) is 5.43. The monoisotopic (exact) mass is 202 g/mol. The second-order valence-corrected chi connectivity index (χ2v) is 6.81. The fourth-order valence-electron chi connectivity index (χ4n) is 1.79. The molecule has 0 saturated heterocycles. The molecule has 0 amide bonds. The minimum atomic E-state index is 0.392. The molecule has 2 unspecified atom stereocenters. The SMILES string of the molecule is CCSC(C)(C(C)CC)C(C)(C)C. The predicted molar refractivity (Wildman–Crippen MR) is 65.4 cm³/mol. The topological polar surface area (TPSA) is 0 Å². The fraction of sp³-hybridized carbons (Fsp3) is 1.00. The largest absolute Gasteiger partial charge is 0.155 e. The van der Waals surface area contributed by atoms with Crippen molar-refractivity contribution in [3.05, 3.63) is 0 Å². The Morgan fingerprint density at radius 3 is 1.77 bits per heavy atom. The average molecular weight is 202 g/mol. The van der Waals surface area contributed by atoms with Crippen molar-refractivity contribution in [3.8, 4) is 0 Å². The summed E-state index contributed by atoms with van der Waals surface area (Å²) < 4.78 is 0.413. The Morgan fingerprint density at radius 1 is 1.08 bits per heavy atom. The van der Waals surface area contributed by atoms with Gasteiger partial charge in [0, 0.05) is 4.75 Å². The lowest BCUT2D eigenvalue weighted by Gasteiger charge is -2.46. The molecule has 0 spiro atoms. The molecule has 80 valence electrons. The zero-order chi connectivity index (χ0) is 10.7. The molecule has 0 aliphatic carbocycles. The van der Waals surface area contributed by atoms with Crippen LogP contribution in [0.2, 0.25) is 0 Å². The van der Waals surface area contributed by atoms with Crippen LogP contribution in [0, 0.1) is 11.3 Å². The Labute approximate surface area is 88.9 Å². The van der Waals surface area contributed by atoms with Crippen LogP contribution in [0.1, 0.15) is 54.9 Å². The highest BCUT2D eigenvalue weighted by Gasteiger charge is 2.41. The minimum absolute atomic E-state index is 0.392. The van der Waals surface area contributed by atoms with E-state index in [-0.39, 0.29) is 0 Å². The first-order chi connectivity index (χ1) is 5.79. The molecule has 0 radical (unpaired) electrons. The molecule has 13 heavy (non-hydrogen) atoms. The van der Waals surface area contributed by atoms with E-state index in [2.05, 4.69) is 60.2 Å². The van der Waals surface area contributed by atoms with Gasteiger partial charge < -0.3 is 0 Å². The van der Waals surface area contributed by atoms with Gasteiger partial charge >= 0.3 is 0 Å². The van der Waals surface area contributed by atoms with Crippen LogP contribution >= 0.6 is 11.8 Å². The van der Waals surface area contributed by atoms with E-state index in [0.717, 1.165) is 5.92 Å². The molecule has 0 aromatic rings. The van der Waals surface area contributed by atoms with Crippen molar-refractivity contribution in [2.45, 2.75) is 59.6 Å². The van der Waals surface area contributed by atoms with E-state index in [1.807, 2.05) is 0 Å². The Morgan fingerprint density at radius 2 is 1.54 bits per heavy atom. The summed E-state index contributed by atoms with van der Waals surface area (Å²) in [6, 6.07) is 0. The molecule has 0 rings (SSSR count). The van der Waals surface area contributed by atoms with Crippen LogP contribution in [0.3, 0.4) is 0 Å². The van der Waals surface area contributed by atoms with Gasteiger partial charge in [0.1, 0.15) is 0 Å². The highest BCUT2D eigenvalue weighted by Crippen LogP contribution is 2.47.